The normalized spacial score (nSPS) is 11.8. The zero-order valence-corrected chi connectivity index (χ0v) is 18.5. The van der Waals surface area contributed by atoms with Crippen molar-refractivity contribution in [3.8, 4) is 5.75 Å². The van der Waals surface area contributed by atoms with Crippen LogP contribution in [-0.4, -0.2) is 27.8 Å². The highest BCUT2D eigenvalue weighted by atomic mass is 35.5. The van der Waals surface area contributed by atoms with E-state index < -0.39 is 10.0 Å². The van der Waals surface area contributed by atoms with Crippen molar-refractivity contribution in [2.75, 3.05) is 19.4 Å². The molecule has 2 aromatic carbocycles. The van der Waals surface area contributed by atoms with Crippen molar-refractivity contribution in [3.05, 3.63) is 58.1 Å². The predicted octanol–water partition coefficient (Wildman–Crippen LogP) is 4.99. The maximum absolute atomic E-state index is 12.7. The Morgan fingerprint density at radius 3 is 2.44 bits per heavy atom. The highest BCUT2D eigenvalue weighted by Crippen LogP contribution is 2.31. The first-order valence-corrected chi connectivity index (χ1v) is 11.8. The van der Waals surface area contributed by atoms with E-state index in [0.717, 1.165) is 17.1 Å². The van der Waals surface area contributed by atoms with E-state index in [4.69, 9.17) is 16.3 Å². The van der Waals surface area contributed by atoms with Gasteiger partial charge in [-0.1, -0.05) is 37.6 Å². The van der Waals surface area contributed by atoms with E-state index in [9.17, 15) is 8.42 Å². The van der Waals surface area contributed by atoms with Crippen LogP contribution >= 0.6 is 23.4 Å². The van der Waals surface area contributed by atoms with Crippen LogP contribution in [0.5, 0.6) is 5.75 Å². The van der Waals surface area contributed by atoms with Crippen LogP contribution in [0, 0.1) is 6.92 Å². The number of hydrogen-bond acceptors (Lipinski definition) is 4. The van der Waals surface area contributed by atoms with Gasteiger partial charge in [0.2, 0.25) is 10.0 Å². The highest BCUT2D eigenvalue weighted by molar-refractivity contribution is 7.98. The number of ether oxygens (including phenoxy) is 1. The topological polar surface area (TPSA) is 55.4 Å². The molecule has 0 spiro atoms. The second kappa shape index (κ2) is 9.82. The van der Waals surface area contributed by atoms with Gasteiger partial charge in [-0.15, -0.1) is 0 Å². The molecule has 4 nitrogen and oxygen atoms in total. The third kappa shape index (κ3) is 6.14. The van der Waals surface area contributed by atoms with Gasteiger partial charge < -0.3 is 4.74 Å². The van der Waals surface area contributed by atoms with Crippen molar-refractivity contribution in [2.24, 2.45) is 0 Å². The predicted molar refractivity (Wildman–Crippen MR) is 115 cm³/mol. The van der Waals surface area contributed by atoms with Gasteiger partial charge in [-0.05, 0) is 53.8 Å². The van der Waals surface area contributed by atoms with Gasteiger partial charge in [-0.2, -0.15) is 11.8 Å². The first kappa shape index (κ1) is 22.1. The monoisotopic (exact) mass is 427 g/mol. The van der Waals surface area contributed by atoms with Crippen LogP contribution < -0.4 is 9.46 Å². The van der Waals surface area contributed by atoms with Gasteiger partial charge in [0.15, 0.2) is 0 Å². The Morgan fingerprint density at radius 1 is 1.19 bits per heavy atom. The lowest BCUT2D eigenvalue weighted by molar-refractivity contribution is 0.406. The zero-order chi connectivity index (χ0) is 20.0. The molecule has 0 aromatic heterocycles. The molecule has 0 bridgehead atoms. The van der Waals surface area contributed by atoms with E-state index in [-0.39, 0.29) is 5.92 Å². The fraction of sp³-hybridized carbons (Fsp3) is 0.400. The summed E-state index contributed by atoms with van der Waals surface area (Å²) in [7, 11) is -1.96. The van der Waals surface area contributed by atoms with Crippen LogP contribution in [0.3, 0.4) is 0 Å². The van der Waals surface area contributed by atoms with Gasteiger partial charge in [0, 0.05) is 23.1 Å². The van der Waals surface area contributed by atoms with Crippen LogP contribution in [0.2, 0.25) is 5.02 Å². The van der Waals surface area contributed by atoms with Crippen LogP contribution in [0.25, 0.3) is 0 Å². The third-order valence-electron chi connectivity index (χ3n) is 4.16. The second-order valence-electron chi connectivity index (χ2n) is 6.59. The third-order valence-corrected chi connectivity index (χ3v) is 7.04. The highest BCUT2D eigenvalue weighted by Gasteiger charge is 2.20. The Kier molecular flexibility index (Phi) is 8.04. The van der Waals surface area contributed by atoms with Crippen molar-refractivity contribution in [2.45, 2.75) is 37.3 Å². The van der Waals surface area contributed by atoms with Gasteiger partial charge in [0.25, 0.3) is 0 Å². The molecule has 0 aliphatic rings. The molecule has 27 heavy (non-hydrogen) atoms. The number of methoxy groups -OCH3 is 1. The summed E-state index contributed by atoms with van der Waals surface area (Å²) in [5.74, 6) is 2.40. The van der Waals surface area contributed by atoms with Crippen LogP contribution in [0.15, 0.2) is 41.3 Å². The summed E-state index contributed by atoms with van der Waals surface area (Å²) in [4.78, 5) is 0.315. The minimum Gasteiger partial charge on any atom is -0.496 e. The standard InChI is InChI=1S/C20H26ClNO3S2/c1-14(2)18-12-20(15(3)11-19(18)25-4)27(23,24)22-9-10-26-13-16-5-7-17(21)8-6-16/h5-8,11-12,14,22H,9-10,13H2,1-4H3. The Bertz CT molecular complexity index is 866. The maximum atomic E-state index is 12.7. The average molecular weight is 428 g/mol. The Hall–Kier alpha value is -1.21. The minimum atomic E-state index is -3.56. The maximum Gasteiger partial charge on any atom is 0.240 e. The zero-order valence-electron chi connectivity index (χ0n) is 16.1. The van der Waals surface area contributed by atoms with Crippen LogP contribution in [0.4, 0.5) is 0 Å². The van der Waals surface area contributed by atoms with Crippen molar-refractivity contribution in [1.82, 2.24) is 4.72 Å². The summed E-state index contributed by atoms with van der Waals surface area (Å²) in [6.45, 7) is 6.20. The van der Waals surface area contributed by atoms with E-state index in [1.807, 2.05) is 38.1 Å². The quantitative estimate of drug-likeness (QED) is 0.572. The van der Waals surface area contributed by atoms with Gasteiger partial charge in [0.05, 0.1) is 12.0 Å². The number of aryl methyl sites for hydroxylation is 1. The molecule has 148 valence electrons. The Labute approximate surface area is 171 Å². The van der Waals surface area contributed by atoms with E-state index in [2.05, 4.69) is 4.72 Å². The molecule has 0 atom stereocenters. The Morgan fingerprint density at radius 2 is 1.85 bits per heavy atom. The van der Waals surface area contributed by atoms with Gasteiger partial charge in [-0.25, -0.2) is 13.1 Å². The van der Waals surface area contributed by atoms with Crippen LogP contribution in [0.1, 0.15) is 36.5 Å². The average Bonchev–Trinajstić information content (AvgIpc) is 2.62. The first-order chi connectivity index (χ1) is 12.7. The molecule has 2 aromatic rings. The number of rotatable bonds is 9. The minimum absolute atomic E-state index is 0.171. The fourth-order valence-electron chi connectivity index (χ4n) is 2.69. The molecular formula is C20H26ClNO3S2. The lowest BCUT2D eigenvalue weighted by Gasteiger charge is -2.16. The molecule has 0 radical (unpaired) electrons. The summed E-state index contributed by atoms with van der Waals surface area (Å²) in [5, 5.41) is 0.715. The Balaban J connectivity index is 1.97. The van der Waals surface area contributed by atoms with E-state index in [0.29, 0.717) is 27.8 Å². The molecule has 0 saturated carbocycles. The number of hydrogen-bond donors (Lipinski definition) is 1. The molecule has 0 heterocycles. The van der Waals surface area contributed by atoms with E-state index >= 15 is 0 Å². The summed E-state index contributed by atoms with van der Waals surface area (Å²) in [6, 6.07) is 11.2. The molecule has 0 aliphatic carbocycles. The molecule has 2 rings (SSSR count). The molecule has 0 saturated heterocycles. The molecule has 0 aliphatic heterocycles. The van der Waals surface area contributed by atoms with Gasteiger partial charge in [0.1, 0.15) is 5.75 Å². The SMILES string of the molecule is COc1cc(C)c(S(=O)(=O)NCCSCc2ccc(Cl)cc2)cc1C(C)C. The van der Waals surface area contributed by atoms with Crippen molar-refractivity contribution in [1.29, 1.82) is 0 Å². The number of thioether (sulfide) groups is 1. The number of sulfonamides is 1. The van der Waals surface area contributed by atoms with Gasteiger partial charge >= 0.3 is 0 Å². The number of halogens is 1. The largest absolute Gasteiger partial charge is 0.496 e. The first-order valence-electron chi connectivity index (χ1n) is 8.75. The van der Waals surface area contributed by atoms with E-state index in [1.165, 1.54) is 5.56 Å². The van der Waals surface area contributed by atoms with Crippen molar-refractivity contribution in [3.63, 3.8) is 0 Å². The molecule has 0 amide bonds. The van der Waals surface area contributed by atoms with E-state index in [1.54, 1.807) is 37.9 Å². The van der Waals surface area contributed by atoms with Crippen molar-refractivity contribution >= 4 is 33.4 Å². The fourth-order valence-corrected chi connectivity index (χ4v) is 5.06. The number of nitrogens with one attached hydrogen (secondary N) is 1. The lowest BCUT2D eigenvalue weighted by Crippen LogP contribution is -2.27. The summed E-state index contributed by atoms with van der Waals surface area (Å²) >= 11 is 7.55. The smallest absolute Gasteiger partial charge is 0.240 e. The summed E-state index contributed by atoms with van der Waals surface area (Å²) in [5.41, 5.74) is 2.73. The molecule has 0 unspecified atom stereocenters. The number of benzene rings is 2. The molecule has 7 heteroatoms. The molecule has 1 N–H and O–H groups in total. The molecular weight excluding hydrogens is 402 g/mol. The lowest BCUT2D eigenvalue weighted by atomic mass is 10.0. The second-order valence-corrected chi connectivity index (χ2v) is 9.87. The summed E-state index contributed by atoms with van der Waals surface area (Å²) in [6.07, 6.45) is 0. The van der Waals surface area contributed by atoms with Crippen LogP contribution in [-0.2, 0) is 15.8 Å². The summed E-state index contributed by atoms with van der Waals surface area (Å²) < 4.78 is 33.5. The van der Waals surface area contributed by atoms with Gasteiger partial charge in [-0.3, -0.25) is 0 Å². The molecule has 0 fully saturated rings. The van der Waals surface area contributed by atoms with Crippen molar-refractivity contribution < 1.29 is 13.2 Å².